The van der Waals surface area contributed by atoms with Gasteiger partial charge in [-0.15, -0.1) is 0 Å². The van der Waals surface area contributed by atoms with Gasteiger partial charge in [0.15, 0.2) is 52.8 Å². The van der Waals surface area contributed by atoms with Crippen molar-refractivity contribution in [2.45, 2.75) is 147 Å². The molecule has 3 fully saturated rings. The number of aliphatic carboxylic acids is 1. The number of esters is 2. The van der Waals surface area contributed by atoms with Gasteiger partial charge in [0.25, 0.3) is 11.8 Å². The van der Waals surface area contributed by atoms with Crippen LogP contribution in [0.1, 0.15) is 115 Å². The first-order valence-corrected chi connectivity index (χ1v) is 29.5. The third-order valence-corrected chi connectivity index (χ3v) is 15.3. The SMILES string of the molecule is CCOC(=O)[C@@](C)(C(=O)O)N(C)C(=O)OCc1ccccc1.CCOC(=O)[C@](C)(NC)C(=O)COC1CCCCO1.CNC(=O)[C@@](C)(C(=O)COC1CCCCO1)N(C)C(=O)c1ccc(I)cc1.CNC(=O)[C@](C)(NC)C(=O)COC1CCCCO1. The Balaban J connectivity index is 0.000000396. The number of amides is 4. The number of benzene rings is 2. The van der Waals surface area contributed by atoms with E-state index in [0.717, 1.165) is 72.3 Å². The molecule has 4 amide bonds. The fourth-order valence-electron chi connectivity index (χ4n) is 8.06. The zero-order valence-corrected chi connectivity index (χ0v) is 53.8. The summed E-state index contributed by atoms with van der Waals surface area (Å²) < 4.78 is 48.2. The molecule has 0 bridgehead atoms. The van der Waals surface area contributed by atoms with Gasteiger partial charge in [-0.3, -0.25) is 39.0 Å². The average Bonchev–Trinajstić information content (AvgIpc) is 2.19. The van der Waals surface area contributed by atoms with Crippen LogP contribution in [0.2, 0.25) is 0 Å². The lowest BCUT2D eigenvalue weighted by atomic mass is 9.92. The maximum Gasteiger partial charge on any atom is 0.411 e. The van der Waals surface area contributed by atoms with Crippen molar-refractivity contribution in [3.05, 3.63) is 69.3 Å². The number of carboxylic acids is 1. The molecule has 3 aliphatic rings. The van der Waals surface area contributed by atoms with E-state index in [4.69, 9.17) is 42.6 Å². The van der Waals surface area contributed by atoms with Gasteiger partial charge in [-0.25, -0.2) is 19.2 Å². The first-order valence-electron chi connectivity index (χ1n) is 28.4. The number of nitrogens with one attached hydrogen (secondary N) is 4. The minimum absolute atomic E-state index is 0.00854. The average molecular weight is 1330 g/mol. The second-order valence-corrected chi connectivity index (χ2v) is 21.6. The number of ketones is 3. The van der Waals surface area contributed by atoms with E-state index in [1.807, 2.05) is 6.07 Å². The van der Waals surface area contributed by atoms with Gasteiger partial charge in [0, 0.05) is 57.1 Å². The number of hydrogen-bond donors (Lipinski definition) is 5. The highest BCUT2D eigenvalue weighted by atomic mass is 127. The van der Waals surface area contributed by atoms with Crippen LogP contribution in [0.4, 0.5) is 4.79 Å². The van der Waals surface area contributed by atoms with Crippen molar-refractivity contribution in [1.82, 2.24) is 31.1 Å². The summed E-state index contributed by atoms with van der Waals surface area (Å²) >= 11 is 2.14. The molecule has 2 aromatic carbocycles. The zero-order valence-electron chi connectivity index (χ0n) is 51.6. The Kier molecular flexibility index (Phi) is 33.8. The third kappa shape index (κ3) is 22.3. The maximum atomic E-state index is 12.9. The largest absolute Gasteiger partial charge is 0.479 e. The van der Waals surface area contributed by atoms with Crippen molar-refractivity contribution in [3.8, 4) is 0 Å². The number of likely N-dealkylation sites (N-methyl/N-ethyl adjacent to an activating group) is 6. The normalized spacial score (nSPS) is 19.1. The molecule has 27 heteroatoms. The van der Waals surface area contributed by atoms with Crippen molar-refractivity contribution in [1.29, 1.82) is 0 Å². The standard InChI is InChI=1S/C19H25IN2O5.C15H19NO6.C13H23NO5.C12H22N2O4/c1-19(18(25)21-2,15(23)12-27-16-6-4-5-11-26-16)22(3)17(24)13-7-9-14(20)10-8-13;1-4-21-13(19)15(2,12(17)18)16(3)14(20)22-10-11-8-6-5-7-9-11;1-4-17-12(16)13(2,14-3)10(15)9-19-11-7-5-6-8-18-11;1-12(14-3,11(16)13-2)9(15)8-18-10-6-4-5-7-17-10/h7-10,16H,4-6,11-12H2,1-3H3,(H,21,25);5-9H,4,10H2,1-3H3,(H,17,18);11,14H,4-9H2,1-3H3;10,14H,4-8H2,1-3H3,(H,13,16)/t16?,19-;15-;11?,13-;10?,12-/m1111/s1. The molecule has 0 radical (unpaired) electrons. The number of ether oxygens (including phenoxy) is 9. The van der Waals surface area contributed by atoms with Crippen molar-refractivity contribution in [2.75, 3.05) is 95.1 Å². The van der Waals surface area contributed by atoms with Crippen LogP contribution in [0.3, 0.4) is 0 Å². The molecule has 7 atom stereocenters. The Morgan fingerprint density at radius 3 is 1.38 bits per heavy atom. The number of carbonyl (C=O) groups is 10. The molecule has 26 nitrogen and oxygen atoms in total. The molecule has 3 unspecified atom stereocenters. The smallest absolute Gasteiger partial charge is 0.411 e. The first-order chi connectivity index (χ1) is 40.7. The van der Waals surface area contributed by atoms with Crippen molar-refractivity contribution >= 4 is 81.7 Å². The summed E-state index contributed by atoms with van der Waals surface area (Å²) in [6.45, 7) is 10.3. The molecule has 3 aliphatic heterocycles. The molecule has 5 rings (SSSR count). The van der Waals surface area contributed by atoms with Crippen LogP contribution in [-0.2, 0) is 87.6 Å². The van der Waals surface area contributed by atoms with Gasteiger partial charge in [-0.2, -0.15) is 0 Å². The monoisotopic (exact) mass is 1330 g/mol. The van der Waals surface area contributed by atoms with Gasteiger partial charge in [0.1, 0.15) is 26.4 Å². The number of carboxylic acid groups (broad SMARTS) is 1. The van der Waals surface area contributed by atoms with Gasteiger partial charge in [-0.1, -0.05) is 30.3 Å². The van der Waals surface area contributed by atoms with E-state index < -0.39 is 70.0 Å². The fourth-order valence-corrected chi connectivity index (χ4v) is 8.42. The number of Topliss-reactive ketones (excluding diaryl/α,β-unsaturated/α-hetero) is 3. The van der Waals surface area contributed by atoms with E-state index >= 15 is 0 Å². The lowest BCUT2D eigenvalue weighted by molar-refractivity contribution is -0.175. The van der Waals surface area contributed by atoms with E-state index in [0.29, 0.717) is 31.8 Å². The molecule has 0 saturated carbocycles. The van der Waals surface area contributed by atoms with Gasteiger partial charge >= 0.3 is 24.0 Å². The van der Waals surface area contributed by atoms with Crippen LogP contribution in [-0.4, -0.2) is 210 Å². The third-order valence-electron chi connectivity index (χ3n) is 14.6. The summed E-state index contributed by atoms with van der Waals surface area (Å²) in [5.41, 5.74) is -5.32. The Hall–Kier alpha value is -6.05. The van der Waals surface area contributed by atoms with Crippen LogP contribution in [0.25, 0.3) is 0 Å². The van der Waals surface area contributed by atoms with Crippen LogP contribution in [0.5, 0.6) is 0 Å². The summed E-state index contributed by atoms with van der Waals surface area (Å²) in [7, 11) is 8.68. The van der Waals surface area contributed by atoms with Gasteiger partial charge in [0.2, 0.25) is 11.4 Å². The van der Waals surface area contributed by atoms with Crippen LogP contribution in [0.15, 0.2) is 54.6 Å². The minimum Gasteiger partial charge on any atom is -0.479 e. The lowest BCUT2D eigenvalue weighted by Crippen LogP contribution is -2.62. The van der Waals surface area contributed by atoms with E-state index in [1.165, 1.54) is 46.9 Å². The Bertz CT molecular complexity index is 2510. The van der Waals surface area contributed by atoms with E-state index in [2.05, 4.69) is 43.9 Å². The highest BCUT2D eigenvalue weighted by molar-refractivity contribution is 14.1. The van der Waals surface area contributed by atoms with E-state index in [-0.39, 0.29) is 69.7 Å². The summed E-state index contributed by atoms with van der Waals surface area (Å²) in [5.74, 6) is -5.63. The zero-order chi connectivity index (χ0) is 64.7. The molecule has 0 aliphatic carbocycles. The summed E-state index contributed by atoms with van der Waals surface area (Å²) in [6.07, 6.45) is 6.29. The Morgan fingerprint density at radius 1 is 0.558 bits per heavy atom. The van der Waals surface area contributed by atoms with Crippen molar-refractivity contribution < 1.29 is 95.7 Å². The second-order valence-electron chi connectivity index (χ2n) is 20.4. The van der Waals surface area contributed by atoms with E-state index in [1.54, 1.807) is 83.4 Å². The molecule has 0 spiro atoms. The van der Waals surface area contributed by atoms with Crippen molar-refractivity contribution in [3.63, 3.8) is 0 Å². The lowest BCUT2D eigenvalue weighted by Gasteiger charge is -2.36. The molecule has 3 heterocycles. The number of nitrogens with zero attached hydrogens (tertiary/aromatic N) is 2. The quantitative estimate of drug-likeness (QED) is 0.0383. The summed E-state index contributed by atoms with van der Waals surface area (Å²) in [5, 5.41) is 19.7. The van der Waals surface area contributed by atoms with Crippen LogP contribution < -0.4 is 21.3 Å². The van der Waals surface area contributed by atoms with Crippen LogP contribution in [0, 0.1) is 3.57 Å². The maximum absolute atomic E-state index is 12.9. The number of carbonyl (C=O) groups excluding carboxylic acids is 9. The van der Waals surface area contributed by atoms with Gasteiger partial charge in [-0.05, 0) is 166 Å². The highest BCUT2D eigenvalue weighted by Crippen LogP contribution is 2.23. The van der Waals surface area contributed by atoms with Gasteiger partial charge < -0.3 is 68.6 Å². The molecule has 5 N–H and O–H groups in total. The second kappa shape index (κ2) is 38.3. The summed E-state index contributed by atoms with van der Waals surface area (Å²) in [6, 6.07) is 15.8. The topological polar surface area (TPSA) is 329 Å². The Morgan fingerprint density at radius 2 is 0.988 bits per heavy atom. The minimum atomic E-state index is -2.15. The molecular weight excluding hydrogens is 1240 g/mol. The molecular formula is C59H89IN6O20. The number of hydrogen-bond acceptors (Lipinski definition) is 21. The Labute approximate surface area is 517 Å². The predicted molar refractivity (Wildman–Crippen MR) is 320 cm³/mol. The fraction of sp³-hybridized carbons (Fsp3) is 0.627. The molecule has 2 aromatic rings. The molecule has 3 saturated heterocycles. The number of halogens is 1. The highest BCUT2D eigenvalue weighted by Gasteiger charge is 2.50. The molecule has 86 heavy (non-hydrogen) atoms. The molecule has 0 aromatic heterocycles. The molecule has 482 valence electrons. The van der Waals surface area contributed by atoms with Crippen molar-refractivity contribution in [2.24, 2.45) is 0 Å². The predicted octanol–water partition coefficient (Wildman–Crippen LogP) is 4.10. The van der Waals surface area contributed by atoms with Gasteiger partial charge in [0.05, 0.1) is 13.2 Å². The van der Waals surface area contributed by atoms with Crippen LogP contribution >= 0.6 is 22.6 Å². The number of rotatable bonds is 26. The first kappa shape index (κ1) is 76.0. The summed E-state index contributed by atoms with van der Waals surface area (Å²) in [4.78, 5) is 123. The van der Waals surface area contributed by atoms with E-state index in [9.17, 15) is 53.1 Å².